The molecule has 2 aliphatic heterocycles. The quantitative estimate of drug-likeness (QED) is 0.217. The Morgan fingerprint density at radius 1 is 1.14 bits per heavy atom. The van der Waals surface area contributed by atoms with Crippen LogP contribution in [0.15, 0.2) is 42.6 Å². The fourth-order valence-corrected chi connectivity index (χ4v) is 6.99. The van der Waals surface area contributed by atoms with Gasteiger partial charge in [0, 0.05) is 31.3 Å². The number of hydrogen-bond donors (Lipinski definition) is 4. The van der Waals surface area contributed by atoms with E-state index in [1.54, 1.807) is 6.07 Å². The first-order valence-corrected chi connectivity index (χ1v) is 14.6. The maximum absolute atomic E-state index is 16.4. The highest BCUT2D eigenvalue weighted by Crippen LogP contribution is 2.41. The number of phenolic OH excluding ortho intramolecular Hbond substituents is 1. The Morgan fingerprint density at radius 3 is 2.77 bits per heavy atom. The van der Waals surface area contributed by atoms with E-state index in [9.17, 15) is 19.4 Å². The lowest BCUT2D eigenvalue weighted by Gasteiger charge is -2.41. The maximum atomic E-state index is 16.4. The van der Waals surface area contributed by atoms with Crippen molar-refractivity contribution in [2.24, 2.45) is 0 Å². The second kappa shape index (κ2) is 10.4. The summed E-state index contributed by atoms with van der Waals surface area (Å²) >= 11 is 0. The summed E-state index contributed by atoms with van der Waals surface area (Å²) in [5.74, 6) is -0.479. The van der Waals surface area contributed by atoms with Crippen LogP contribution in [0.1, 0.15) is 38.5 Å². The van der Waals surface area contributed by atoms with Gasteiger partial charge in [-0.25, -0.2) is 13.6 Å². The lowest BCUT2D eigenvalue weighted by atomic mass is 9.76. The third-order valence-corrected chi connectivity index (χ3v) is 9.27. The van der Waals surface area contributed by atoms with E-state index in [0.717, 1.165) is 31.2 Å². The van der Waals surface area contributed by atoms with Gasteiger partial charge in [-0.3, -0.25) is 9.88 Å². The molecule has 1 amide bonds. The highest BCUT2D eigenvalue weighted by Gasteiger charge is 2.49. The van der Waals surface area contributed by atoms with Crippen molar-refractivity contribution < 1.29 is 28.5 Å². The number of halogens is 2. The van der Waals surface area contributed by atoms with Gasteiger partial charge < -0.3 is 25.6 Å². The van der Waals surface area contributed by atoms with Crippen molar-refractivity contribution in [1.29, 1.82) is 0 Å². The summed E-state index contributed by atoms with van der Waals surface area (Å²) in [6.45, 7) is 1.57. The molecule has 2 aromatic carbocycles. The zero-order chi connectivity index (χ0) is 29.8. The molecule has 224 valence electrons. The number of phenols is 1. The van der Waals surface area contributed by atoms with Crippen LogP contribution >= 0.6 is 0 Å². The average Bonchev–Trinajstić information content (AvgIpc) is 3.48. The highest BCUT2D eigenvalue weighted by molar-refractivity contribution is 5.99. The number of fused-ring (bicyclic) bond motifs is 3. The third-order valence-electron chi connectivity index (χ3n) is 9.27. The molecule has 4 heterocycles. The fourth-order valence-electron chi connectivity index (χ4n) is 6.99. The number of aromatic hydroxyl groups is 1. The van der Waals surface area contributed by atoms with Crippen molar-refractivity contribution in [2.45, 2.75) is 55.8 Å². The molecule has 1 saturated carbocycles. The molecule has 43 heavy (non-hydrogen) atoms. The van der Waals surface area contributed by atoms with Crippen LogP contribution in [-0.2, 0) is 0 Å². The predicted molar refractivity (Wildman–Crippen MR) is 157 cm³/mol. The van der Waals surface area contributed by atoms with Crippen LogP contribution in [0.4, 0.5) is 19.4 Å². The molecular formula is C31H32F2N6O4. The van der Waals surface area contributed by atoms with Gasteiger partial charge in [-0.05, 0) is 61.6 Å². The average molecular weight is 591 g/mol. The minimum absolute atomic E-state index is 0.00910. The summed E-state index contributed by atoms with van der Waals surface area (Å²) in [6.07, 6.45) is 3.72. The van der Waals surface area contributed by atoms with Crippen molar-refractivity contribution in [3.05, 3.63) is 48.4 Å². The molecule has 3 aliphatic rings. The van der Waals surface area contributed by atoms with Gasteiger partial charge in [0.25, 0.3) is 0 Å². The molecule has 7 rings (SSSR count). The smallest absolute Gasteiger partial charge is 0.405 e. The molecule has 4 N–H and O–H groups in total. The SMILES string of the molecule is O=C(O)NC1(CNc2nc(OC[C@@]34CCCN3C[C@H](F)C4)nc3c(F)c(-c4cc(O)cc5ccccc45)ncc23)CCC1. The van der Waals surface area contributed by atoms with Gasteiger partial charge >= 0.3 is 12.1 Å². The number of nitrogens with one attached hydrogen (secondary N) is 2. The molecule has 10 nitrogen and oxygen atoms in total. The number of aromatic nitrogens is 3. The molecule has 2 aromatic heterocycles. The normalized spacial score (nSPS) is 22.8. The van der Waals surface area contributed by atoms with E-state index in [1.807, 2.05) is 24.3 Å². The van der Waals surface area contributed by atoms with Gasteiger partial charge in [0.1, 0.15) is 35.6 Å². The fraction of sp³-hybridized carbons (Fsp3) is 0.419. The van der Waals surface area contributed by atoms with Crippen molar-refractivity contribution in [3.63, 3.8) is 0 Å². The summed E-state index contributed by atoms with van der Waals surface area (Å²) < 4.78 is 36.9. The lowest BCUT2D eigenvalue weighted by molar-refractivity contribution is 0.107. The minimum Gasteiger partial charge on any atom is -0.508 e. The Balaban J connectivity index is 1.29. The van der Waals surface area contributed by atoms with Crippen LogP contribution in [0.5, 0.6) is 11.8 Å². The van der Waals surface area contributed by atoms with Crippen LogP contribution in [0.2, 0.25) is 0 Å². The first-order valence-electron chi connectivity index (χ1n) is 14.6. The number of alkyl halides is 1. The summed E-state index contributed by atoms with van der Waals surface area (Å²) in [6, 6.07) is 10.3. The van der Waals surface area contributed by atoms with Crippen molar-refractivity contribution >= 4 is 33.6 Å². The topological polar surface area (TPSA) is 133 Å². The molecular weight excluding hydrogens is 558 g/mol. The lowest BCUT2D eigenvalue weighted by Crippen LogP contribution is -2.57. The van der Waals surface area contributed by atoms with Crippen molar-refractivity contribution in [1.82, 2.24) is 25.2 Å². The summed E-state index contributed by atoms with van der Waals surface area (Å²) in [5.41, 5.74) is -0.733. The van der Waals surface area contributed by atoms with Crippen molar-refractivity contribution in [2.75, 3.05) is 31.6 Å². The van der Waals surface area contributed by atoms with Gasteiger partial charge in [-0.15, -0.1) is 0 Å². The predicted octanol–water partition coefficient (Wildman–Crippen LogP) is 5.25. The molecule has 0 unspecified atom stereocenters. The Morgan fingerprint density at radius 2 is 1.98 bits per heavy atom. The molecule has 0 bridgehead atoms. The summed E-state index contributed by atoms with van der Waals surface area (Å²) in [4.78, 5) is 27.0. The summed E-state index contributed by atoms with van der Waals surface area (Å²) in [5, 5.41) is 27.3. The van der Waals surface area contributed by atoms with E-state index in [4.69, 9.17) is 4.74 Å². The largest absolute Gasteiger partial charge is 0.508 e. The Labute approximate surface area is 246 Å². The molecule has 12 heteroatoms. The first-order chi connectivity index (χ1) is 20.7. The number of amides is 1. The highest BCUT2D eigenvalue weighted by atomic mass is 19.1. The van der Waals surface area contributed by atoms with Gasteiger partial charge in [0.05, 0.1) is 16.5 Å². The second-order valence-corrected chi connectivity index (χ2v) is 12.0. The number of rotatable bonds is 8. The number of carboxylic acid groups (broad SMARTS) is 1. The van der Waals surface area contributed by atoms with E-state index in [2.05, 4.69) is 30.5 Å². The molecule has 4 aromatic rings. The first kappa shape index (κ1) is 27.5. The minimum atomic E-state index is -1.11. The van der Waals surface area contributed by atoms with Crippen LogP contribution in [-0.4, -0.2) is 79.6 Å². The molecule has 0 spiro atoms. The van der Waals surface area contributed by atoms with Gasteiger partial charge in [-0.2, -0.15) is 9.97 Å². The number of carbonyl (C=O) groups is 1. The zero-order valence-electron chi connectivity index (χ0n) is 23.4. The third kappa shape index (κ3) is 4.93. The number of nitrogens with zero attached hydrogens (tertiary/aromatic N) is 4. The van der Waals surface area contributed by atoms with E-state index >= 15 is 4.39 Å². The number of pyridine rings is 1. The Kier molecular flexibility index (Phi) is 6.68. The van der Waals surface area contributed by atoms with E-state index in [1.165, 1.54) is 12.3 Å². The number of anilines is 1. The van der Waals surface area contributed by atoms with E-state index in [-0.39, 0.29) is 41.9 Å². The molecule has 2 atom stereocenters. The number of benzene rings is 2. The second-order valence-electron chi connectivity index (χ2n) is 12.0. The van der Waals surface area contributed by atoms with Gasteiger partial charge in [-0.1, -0.05) is 24.3 Å². The van der Waals surface area contributed by atoms with E-state index in [0.29, 0.717) is 42.1 Å². The van der Waals surface area contributed by atoms with Crippen LogP contribution in [0.3, 0.4) is 0 Å². The van der Waals surface area contributed by atoms with Crippen molar-refractivity contribution in [3.8, 4) is 23.0 Å². The summed E-state index contributed by atoms with van der Waals surface area (Å²) in [7, 11) is 0. The zero-order valence-corrected chi connectivity index (χ0v) is 23.4. The van der Waals surface area contributed by atoms with E-state index < -0.39 is 29.2 Å². The maximum Gasteiger partial charge on any atom is 0.405 e. The molecule has 3 fully saturated rings. The standard InChI is InChI=1S/C31H32F2N6O4/c32-19-13-31(9-4-10-39(31)15-19)17-43-28-36-26-23(27(37-28)35-16-30(7-3-8-30)38-29(41)42)14-34-25(24(26)33)22-12-20(40)11-18-5-1-2-6-21(18)22/h1-2,5-6,11-12,14,19,38,40H,3-4,7-10,13,15-17H2,(H,41,42)(H,35,36,37)/t19-,31+/m1/s1. The van der Waals surface area contributed by atoms with Gasteiger partial charge in [0.2, 0.25) is 0 Å². The Bertz CT molecular complexity index is 1730. The molecule has 1 aliphatic carbocycles. The monoisotopic (exact) mass is 590 g/mol. The molecule has 2 saturated heterocycles. The Hall–Kier alpha value is -4.32. The van der Waals surface area contributed by atoms with Crippen LogP contribution < -0.4 is 15.4 Å². The number of hydrogen-bond acceptors (Lipinski definition) is 8. The van der Waals surface area contributed by atoms with Crippen LogP contribution in [0, 0.1) is 5.82 Å². The van der Waals surface area contributed by atoms with Crippen LogP contribution in [0.25, 0.3) is 32.9 Å². The number of ether oxygens (including phenoxy) is 1. The van der Waals surface area contributed by atoms with Gasteiger partial charge in [0.15, 0.2) is 5.82 Å². The molecule has 0 radical (unpaired) electrons.